The lowest BCUT2D eigenvalue weighted by molar-refractivity contribution is 0.414. The van der Waals surface area contributed by atoms with E-state index in [2.05, 4.69) is 9.44 Å². The van der Waals surface area contributed by atoms with Crippen LogP contribution in [0.15, 0.2) is 109 Å². The molecule has 0 bridgehead atoms. The van der Waals surface area contributed by atoms with Crippen molar-refractivity contribution in [3.63, 3.8) is 0 Å². The van der Waals surface area contributed by atoms with Gasteiger partial charge < -0.3 is 9.47 Å². The fraction of sp³-hybridized carbons (Fsp3) is 0.143. The predicted molar refractivity (Wildman–Crippen MR) is 138 cm³/mol. The number of hydrogen-bond donors (Lipinski definition) is 2. The molecule has 180 valence electrons. The molecule has 0 aromatic heterocycles. The Balaban J connectivity index is 1.67. The maximum absolute atomic E-state index is 13.5. The summed E-state index contributed by atoms with van der Waals surface area (Å²) in [5, 5.41) is 0. The lowest BCUT2D eigenvalue weighted by Crippen LogP contribution is -2.41. The van der Waals surface area contributed by atoms with Gasteiger partial charge in [-0.05, 0) is 46.5 Å². The molecule has 4 aromatic carbocycles. The monoisotopic (exact) mass is 488 g/mol. The van der Waals surface area contributed by atoms with Crippen LogP contribution < -0.4 is 18.9 Å². The molecule has 0 saturated heterocycles. The molecule has 0 spiro atoms. The van der Waals surface area contributed by atoms with E-state index in [0.717, 1.165) is 22.3 Å². The molecule has 0 fully saturated rings. The van der Waals surface area contributed by atoms with Crippen LogP contribution in [-0.4, -0.2) is 22.6 Å². The molecule has 7 heteroatoms. The van der Waals surface area contributed by atoms with Crippen molar-refractivity contribution < 1.29 is 17.9 Å². The molecule has 35 heavy (non-hydrogen) atoms. The first-order valence-electron chi connectivity index (χ1n) is 11.2. The van der Waals surface area contributed by atoms with Crippen molar-refractivity contribution in [2.45, 2.75) is 12.1 Å². The second-order valence-electron chi connectivity index (χ2n) is 7.97. The Hall–Kier alpha value is -3.65. The molecule has 0 unspecified atom stereocenters. The van der Waals surface area contributed by atoms with E-state index in [9.17, 15) is 8.42 Å². The van der Waals surface area contributed by atoms with Crippen molar-refractivity contribution in [2.24, 2.45) is 0 Å². The molecule has 0 heterocycles. The van der Waals surface area contributed by atoms with Gasteiger partial charge in [0, 0.05) is 0 Å². The van der Waals surface area contributed by atoms with Gasteiger partial charge in [0.1, 0.15) is 11.5 Å². The molecule has 0 radical (unpaired) electrons. The zero-order valence-corrected chi connectivity index (χ0v) is 20.4. The molecule has 4 aromatic rings. The maximum atomic E-state index is 13.5. The Bertz CT molecular complexity index is 1210. The fourth-order valence-corrected chi connectivity index (χ4v) is 5.12. The third-order valence-corrected chi connectivity index (χ3v) is 6.80. The van der Waals surface area contributed by atoms with Crippen molar-refractivity contribution in [1.29, 1.82) is 0 Å². The van der Waals surface area contributed by atoms with Gasteiger partial charge in [0.15, 0.2) is 0 Å². The maximum Gasteiger partial charge on any atom is 0.278 e. The first kappa shape index (κ1) is 24.5. The van der Waals surface area contributed by atoms with Crippen LogP contribution >= 0.6 is 0 Å². The number of rotatable bonds is 10. The molecule has 0 amide bonds. The normalized spacial score (nSPS) is 13.1. The van der Waals surface area contributed by atoms with Gasteiger partial charge in [-0.1, -0.05) is 84.9 Å². The minimum Gasteiger partial charge on any atom is -0.497 e. The van der Waals surface area contributed by atoms with Crippen LogP contribution in [0.3, 0.4) is 0 Å². The van der Waals surface area contributed by atoms with Gasteiger partial charge in [-0.3, -0.25) is 0 Å². The highest BCUT2D eigenvalue weighted by Crippen LogP contribution is 2.27. The number of ether oxygens (including phenoxy) is 2. The van der Waals surface area contributed by atoms with Gasteiger partial charge in [-0.2, -0.15) is 17.9 Å². The smallest absolute Gasteiger partial charge is 0.278 e. The third-order valence-electron chi connectivity index (χ3n) is 5.71. The Labute approximate surface area is 206 Å². The van der Waals surface area contributed by atoms with Gasteiger partial charge in [0.25, 0.3) is 10.2 Å². The minimum atomic E-state index is -3.97. The summed E-state index contributed by atoms with van der Waals surface area (Å²) in [7, 11) is -0.774. The highest BCUT2D eigenvalue weighted by atomic mass is 32.2. The quantitative estimate of drug-likeness (QED) is 0.329. The molecular weight excluding hydrogens is 460 g/mol. The Morgan fingerprint density at radius 3 is 1.14 bits per heavy atom. The number of hydrogen-bond acceptors (Lipinski definition) is 4. The summed E-state index contributed by atoms with van der Waals surface area (Å²) >= 11 is 0. The van der Waals surface area contributed by atoms with Crippen LogP contribution in [0.2, 0.25) is 0 Å². The second kappa shape index (κ2) is 11.2. The largest absolute Gasteiger partial charge is 0.497 e. The Kier molecular flexibility index (Phi) is 7.82. The highest BCUT2D eigenvalue weighted by molar-refractivity contribution is 7.87. The Morgan fingerprint density at radius 1 is 0.514 bits per heavy atom. The van der Waals surface area contributed by atoms with Crippen LogP contribution in [0.4, 0.5) is 0 Å². The van der Waals surface area contributed by atoms with Crippen LogP contribution in [0.5, 0.6) is 11.5 Å². The first-order valence-corrected chi connectivity index (χ1v) is 12.6. The molecule has 0 aliphatic heterocycles. The van der Waals surface area contributed by atoms with E-state index in [1.165, 1.54) is 0 Å². The van der Waals surface area contributed by atoms with Crippen LogP contribution in [-0.2, 0) is 10.2 Å². The van der Waals surface area contributed by atoms with Crippen molar-refractivity contribution in [2.75, 3.05) is 14.2 Å². The molecule has 0 aliphatic carbocycles. The lowest BCUT2D eigenvalue weighted by Gasteiger charge is -2.24. The summed E-state index contributed by atoms with van der Waals surface area (Å²) in [6, 6.07) is 32.5. The van der Waals surface area contributed by atoms with Gasteiger partial charge in [0.2, 0.25) is 0 Å². The summed E-state index contributed by atoms with van der Waals surface area (Å²) in [6.45, 7) is 0. The second-order valence-corrected chi connectivity index (χ2v) is 9.45. The van der Waals surface area contributed by atoms with Gasteiger partial charge in [-0.25, -0.2) is 0 Å². The van der Waals surface area contributed by atoms with E-state index in [4.69, 9.17) is 9.47 Å². The van der Waals surface area contributed by atoms with E-state index < -0.39 is 22.3 Å². The lowest BCUT2D eigenvalue weighted by atomic mass is 10.00. The van der Waals surface area contributed by atoms with Crippen molar-refractivity contribution >= 4 is 10.2 Å². The molecule has 4 rings (SSSR count). The molecule has 0 saturated carbocycles. The Morgan fingerprint density at radius 2 is 0.829 bits per heavy atom. The average Bonchev–Trinajstić information content (AvgIpc) is 2.92. The number of methoxy groups -OCH3 is 2. The van der Waals surface area contributed by atoms with E-state index in [1.807, 2.05) is 109 Å². The van der Waals surface area contributed by atoms with Crippen molar-refractivity contribution in [1.82, 2.24) is 9.44 Å². The van der Waals surface area contributed by atoms with E-state index >= 15 is 0 Å². The summed E-state index contributed by atoms with van der Waals surface area (Å²) in [5.41, 5.74) is 3.23. The zero-order chi connectivity index (χ0) is 24.7. The summed E-state index contributed by atoms with van der Waals surface area (Å²) in [6.07, 6.45) is 0. The van der Waals surface area contributed by atoms with Gasteiger partial charge in [0.05, 0.1) is 26.3 Å². The van der Waals surface area contributed by atoms with Crippen LogP contribution in [0, 0.1) is 0 Å². The topological polar surface area (TPSA) is 76.7 Å². The van der Waals surface area contributed by atoms with E-state index in [0.29, 0.717) is 11.5 Å². The third kappa shape index (κ3) is 6.27. The minimum absolute atomic E-state index is 0.591. The molecule has 2 atom stereocenters. The molecular formula is C28H28N2O4S. The standard InChI is InChI=1S/C28H28N2O4S/c1-33-25-17-13-23(14-18-25)27(21-9-5-3-6-10-21)29-35(31,32)30-28(22-11-7-4-8-12-22)24-15-19-26(34-2)20-16-24/h3-20,27-30H,1-2H3/t27-,28-/m1/s1. The number of nitrogens with one attached hydrogen (secondary N) is 2. The summed E-state index contributed by atoms with van der Waals surface area (Å²) < 4.78 is 43.3. The molecule has 2 N–H and O–H groups in total. The van der Waals surface area contributed by atoms with Crippen LogP contribution in [0.25, 0.3) is 0 Å². The van der Waals surface area contributed by atoms with Crippen molar-refractivity contribution in [3.8, 4) is 11.5 Å². The SMILES string of the molecule is COc1ccc([C@H](NS(=O)(=O)N[C@H](c2ccccc2)c2ccc(OC)cc2)c2ccccc2)cc1. The molecule has 0 aliphatic rings. The summed E-state index contributed by atoms with van der Waals surface area (Å²) in [5.74, 6) is 1.40. The average molecular weight is 489 g/mol. The van der Waals surface area contributed by atoms with Gasteiger partial charge in [-0.15, -0.1) is 0 Å². The van der Waals surface area contributed by atoms with E-state index in [1.54, 1.807) is 14.2 Å². The van der Waals surface area contributed by atoms with E-state index in [-0.39, 0.29) is 0 Å². The predicted octanol–water partition coefficient (Wildman–Crippen LogP) is 5.01. The highest BCUT2D eigenvalue weighted by Gasteiger charge is 2.26. The van der Waals surface area contributed by atoms with Crippen molar-refractivity contribution in [3.05, 3.63) is 131 Å². The molecule has 6 nitrogen and oxygen atoms in total. The fourth-order valence-electron chi connectivity index (χ4n) is 3.89. The first-order chi connectivity index (χ1) is 17.0. The zero-order valence-electron chi connectivity index (χ0n) is 19.6. The van der Waals surface area contributed by atoms with Crippen LogP contribution in [0.1, 0.15) is 34.3 Å². The summed E-state index contributed by atoms with van der Waals surface area (Å²) in [4.78, 5) is 0. The van der Waals surface area contributed by atoms with Gasteiger partial charge >= 0.3 is 0 Å². The number of benzene rings is 4.